The molecular formula is C65H92O16. The van der Waals surface area contributed by atoms with Crippen LogP contribution in [0.3, 0.4) is 0 Å². The molecule has 0 aliphatic rings. The van der Waals surface area contributed by atoms with E-state index in [-0.39, 0.29) is 148 Å². The van der Waals surface area contributed by atoms with Gasteiger partial charge in [-0.25, -0.2) is 9.59 Å². The highest BCUT2D eigenvalue weighted by Gasteiger charge is 2.44. The van der Waals surface area contributed by atoms with Crippen LogP contribution >= 0.6 is 0 Å². The molecule has 0 fully saturated rings. The van der Waals surface area contributed by atoms with Crippen LogP contribution in [0.25, 0.3) is 0 Å². The summed E-state index contributed by atoms with van der Waals surface area (Å²) in [5, 5.41) is 0. The van der Waals surface area contributed by atoms with Crippen molar-refractivity contribution < 1.29 is 76.0 Å². The summed E-state index contributed by atoms with van der Waals surface area (Å²) in [5.74, 6) is -1.88. The van der Waals surface area contributed by atoms with Crippen LogP contribution < -0.4 is 0 Å². The molecule has 16 heteroatoms. The van der Waals surface area contributed by atoms with Gasteiger partial charge in [-0.1, -0.05) is 101 Å². The highest BCUT2D eigenvalue weighted by molar-refractivity contribution is 6.04. The maximum absolute atomic E-state index is 14.6. The molecule has 0 amide bonds. The maximum atomic E-state index is 14.6. The lowest BCUT2D eigenvalue weighted by Gasteiger charge is -2.38. The number of ether oxygens (including phenoxy) is 12. The Kier molecular flexibility index (Phi) is 34.9. The van der Waals surface area contributed by atoms with Gasteiger partial charge in [0.05, 0.1) is 146 Å². The lowest BCUT2D eigenvalue weighted by Crippen LogP contribution is -2.48. The standard InChI is InChI=1S/C65H92O16/c1-13-33-70-41-61(42-71-34-14-2,43-72-35-15-3)49-78-59(68)55-29-25-54(26-30-55)58(67)65(23-11,24-12)81-52-63(47-76-39-19-7,48-77-40-20-8)50-79-60(69)56-31-27-53(28-32-56)57(66)64(21-9,22-10)80-51-62(44-73-36-16-4,45-74-37-17-5)46-75-38-18-6/h13-20,25-32H,1-8,21-24,33-52H2,9-12H3. The summed E-state index contributed by atoms with van der Waals surface area (Å²) in [6.45, 7) is 40.2. The van der Waals surface area contributed by atoms with Gasteiger partial charge in [-0.15, -0.1) is 52.6 Å². The highest BCUT2D eigenvalue weighted by atomic mass is 16.6. The largest absolute Gasteiger partial charge is 0.461 e. The number of hydrogen-bond acceptors (Lipinski definition) is 16. The summed E-state index contributed by atoms with van der Waals surface area (Å²) in [6, 6.07) is 12.4. The Balaban J connectivity index is 2.42. The number of benzene rings is 2. The molecule has 0 heterocycles. The van der Waals surface area contributed by atoms with Crippen molar-refractivity contribution in [2.24, 2.45) is 16.2 Å². The molecule has 2 rings (SSSR count). The number of hydrogen-bond donors (Lipinski definition) is 0. The Bertz CT molecular complexity index is 2150. The van der Waals surface area contributed by atoms with Crippen molar-refractivity contribution in [2.45, 2.75) is 64.6 Å². The highest BCUT2D eigenvalue weighted by Crippen LogP contribution is 2.33. The quantitative estimate of drug-likeness (QED) is 0.0264. The van der Waals surface area contributed by atoms with Gasteiger partial charge in [0.15, 0.2) is 11.6 Å². The zero-order valence-corrected chi connectivity index (χ0v) is 48.9. The first kappa shape index (κ1) is 71.3. The van der Waals surface area contributed by atoms with Crippen LogP contribution in [0.2, 0.25) is 0 Å². The fraction of sp³-hybridized carbons (Fsp3) is 0.508. The molecular weight excluding hydrogens is 1040 g/mol. The summed E-state index contributed by atoms with van der Waals surface area (Å²) in [5.41, 5.74) is -4.34. The summed E-state index contributed by atoms with van der Waals surface area (Å²) < 4.78 is 72.4. The van der Waals surface area contributed by atoms with Crippen molar-refractivity contribution in [3.8, 4) is 0 Å². The van der Waals surface area contributed by atoms with E-state index >= 15 is 0 Å². The van der Waals surface area contributed by atoms with E-state index in [1.807, 2.05) is 27.7 Å². The van der Waals surface area contributed by atoms with Gasteiger partial charge in [-0.2, -0.15) is 0 Å². The molecule has 0 spiro atoms. The van der Waals surface area contributed by atoms with Gasteiger partial charge >= 0.3 is 11.9 Å². The Morgan fingerprint density at radius 1 is 0.321 bits per heavy atom. The Labute approximate surface area is 482 Å². The van der Waals surface area contributed by atoms with Crippen LogP contribution in [0.15, 0.2) is 150 Å². The fourth-order valence-corrected chi connectivity index (χ4v) is 8.53. The average molecular weight is 1130 g/mol. The molecule has 0 atom stereocenters. The number of ketones is 2. The molecule has 0 aliphatic heterocycles. The van der Waals surface area contributed by atoms with Gasteiger partial charge in [-0.3, -0.25) is 9.59 Å². The molecule has 448 valence electrons. The molecule has 0 bridgehead atoms. The first-order valence-corrected chi connectivity index (χ1v) is 27.6. The Morgan fingerprint density at radius 3 is 0.728 bits per heavy atom. The first-order chi connectivity index (χ1) is 39.2. The van der Waals surface area contributed by atoms with Crippen LogP contribution in [0.5, 0.6) is 0 Å². The van der Waals surface area contributed by atoms with E-state index in [9.17, 15) is 19.2 Å². The van der Waals surface area contributed by atoms with Gasteiger partial charge in [0.1, 0.15) is 24.4 Å². The van der Waals surface area contributed by atoms with Crippen LogP contribution in [-0.2, 0) is 56.8 Å². The molecule has 16 nitrogen and oxygen atoms in total. The van der Waals surface area contributed by atoms with E-state index in [0.717, 1.165) is 0 Å². The minimum absolute atomic E-state index is 0.00757. The van der Waals surface area contributed by atoms with Crippen molar-refractivity contribution in [1.82, 2.24) is 0 Å². The minimum atomic E-state index is -1.35. The second-order valence-corrected chi connectivity index (χ2v) is 19.9. The topological polar surface area (TPSA) is 179 Å². The van der Waals surface area contributed by atoms with Crippen molar-refractivity contribution in [3.05, 3.63) is 172 Å². The molecule has 2 aromatic carbocycles. The summed E-state index contributed by atoms with van der Waals surface area (Å²) in [4.78, 5) is 56.6. The molecule has 0 aliphatic carbocycles. The van der Waals surface area contributed by atoms with E-state index in [1.54, 1.807) is 72.9 Å². The van der Waals surface area contributed by atoms with Crippen molar-refractivity contribution >= 4 is 23.5 Å². The Morgan fingerprint density at radius 2 is 0.519 bits per heavy atom. The normalized spacial score (nSPS) is 12.0. The zero-order chi connectivity index (χ0) is 59.9. The van der Waals surface area contributed by atoms with Gasteiger partial charge in [0.2, 0.25) is 0 Å². The third kappa shape index (κ3) is 23.6. The van der Waals surface area contributed by atoms with E-state index in [1.165, 1.54) is 24.3 Å². The zero-order valence-electron chi connectivity index (χ0n) is 48.9. The lowest BCUT2D eigenvalue weighted by atomic mass is 9.85. The molecule has 0 saturated carbocycles. The third-order valence-electron chi connectivity index (χ3n) is 13.4. The van der Waals surface area contributed by atoms with Crippen LogP contribution in [0, 0.1) is 16.2 Å². The van der Waals surface area contributed by atoms with E-state index in [0.29, 0.717) is 43.8 Å². The van der Waals surface area contributed by atoms with Crippen molar-refractivity contribution in [1.29, 1.82) is 0 Å². The first-order valence-electron chi connectivity index (χ1n) is 27.6. The van der Waals surface area contributed by atoms with Crippen molar-refractivity contribution in [2.75, 3.05) is 132 Å². The van der Waals surface area contributed by atoms with Gasteiger partial charge in [-0.05, 0) is 49.9 Å². The van der Waals surface area contributed by atoms with Gasteiger partial charge < -0.3 is 56.8 Å². The average Bonchev–Trinajstić information content (AvgIpc) is 3.49. The minimum Gasteiger partial charge on any atom is -0.461 e. The van der Waals surface area contributed by atoms with Gasteiger partial charge in [0, 0.05) is 11.1 Å². The predicted octanol–water partition coefficient (Wildman–Crippen LogP) is 10.8. The monoisotopic (exact) mass is 1130 g/mol. The lowest BCUT2D eigenvalue weighted by molar-refractivity contribution is -0.131. The summed E-state index contributed by atoms with van der Waals surface area (Å²) in [7, 11) is 0. The number of Topliss-reactive ketones (excluding diaryl/α,β-unsaturated/α-hetero) is 2. The SMILES string of the molecule is C=CCOCC(COCC=C)(COCC=C)COC(=O)c1ccc(C(=O)C(CC)(CC)OCC(COCC=C)(COCC=C)COC(=O)c2ccc(C(=O)C(CC)(CC)OCC(COCC=C)(COCC=C)COCC=C)cc2)cc1. The third-order valence-corrected chi connectivity index (χ3v) is 13.4. The summed E-state index contributed by atoms with van der Waals surface area (Å²) in [6.07, 6.45) is 14.2. The molecule has 0 unspecified atom stereocenters. The van der Waals surface area contributed by atoms with Crippen LogP contribution in [0.4, 0.5) is 0 Å². The molecule has 0 aromatic heterocycles. The number of rotatable bonds is 52. The van der Waals surface area contributed by atoms with E-state index < -0.39 is 39.4 Å². The van der Waals surface area contributed by atoms with Crippen LogP contribution in [-0.4, -0.2) is 167 Å². The fourth-order valence-electron chi connectivity index (χ4n) is 8.53. The number of esters is 2. The second-order valence-electron chi connectivity index (χ2n) is 19.9. The molecule has 0 N–H and O–H groups in total. The molecule has 0 radical (unpaired) electrons. The van der Waals surface area contributed by atoms with Crippen LogP contribution in [0.1, 0.15) is 94.8 Å². The number of carbonyl (C=O) groups is 4. The molecule has 2 aromatic rings. The van der Waals surface area contributed by atoms with E-state index in [4.69, 9.17) is 56.8 Å². The molecule has 81 heavy (non-hydrogen) atoms. The maximum Gasteiger partial charge on any atom is 0.338 e. The Hall–Kier alpha value is -5.76. The van der Waals surface area contributed by atoms with Gasteiger partial charge in [0.25, 0.3) is 0 Å². The predicted molar refractivity (Wildman–Crippen MR) is 316 cm³/mol. The second kappa shape index (κ2) is 39.6. The number of carbonyl (C=O) groups excluding carboxylic acids is 4. The summed E-state index contributed by atoms with van der Waals surface area (Å²) >= 11 is 0. The van der Waals surface area contributed by atoms with E-state index in [2.05, 4.69) is 52.6 Å². The molecule has 0 saturated heterocycles. The van der Waals surface area contributed by atoms with Crippen molar-refractivity contribution in [3.63, 3.8) is 0 Å². The smallest absolute Gasteiger partial charge is 0.338 e.